The molecule has 0 N–H and O–H groups in total. The molecule has 2 rings (SSSR count). The molecule has 0 saturated carbocycles. The summed E-state index contributed by atoms with van der Waals surface area (Å²) in [6.07, 6.45) is 1.48. The summed E-state index contributed by atoms with van der Waals surface area (Å²) in [5.41, 5.74) is 1.59. The van der Waals surface area contributed by atoms with Crippen molar-refractivity contribution in [1.29, 1.82) is 5.26 Å². The third-order valence-electron chi connectivity index (χ3n) is 3.12. The first-order chi connectivity index (χ1) is 11.6. The summed E-state index contributed by atoms with van der Waals surface area (Å²) in [7, 11) is 0. The molecule has 4 nitrogen and oxygen atoms in total. The van der Waals surface area contributed by atoms with Crippen molar-refractivity contribution in [2.45, 2.75) is 13.5 Å². The van der Waals surface area contributed by atoms with E-state index in [4.69, 9.17) is 9.47 Å². The van der Waals surface area contributed by atoms with Crippen LogP contribution in [0.4, 0.5) is 0 Å². The van der Waals surface area contributed by atoms with E-state index in [1.54, 1.807) is 19.1 Å². The Bertz CT molecular complexity index is 779. The van der Waals surface area contributed by atoms with Crippen LogP contribution in [0.1, 0.15) is 18.1 Å². The van der Waals surface area contributed by atoms with E-state index in [-0.39, 0.29) is 12.2 Å². The van der Waals surface area contributed by atoms with Crippen LogP contribution in [0.5, 0.6) is 5.75 Å². The van der Waals surface area contributed by atoms with Gasteiger partial charge >= 0.3 is 5.97 Å². The lowest BCUT2D eigenvalue weighted by atomic mass is 10.1. The zero-order chi connectivity index (χ0) is 17.4. The molecule has 0 radical (unpaired) electrons. The lowest BCUT2D eigenvalue weighted by Crippen LogP contribution is -2.06. The van der Waals surface area contributed by atoms with Gasteiger partial charge in [-0.25, -0.2) is 4.79 Å². The second-order valence-electron chi connectivity index (χ2n) is 4.85. The first-order valence-electron chi connectivity index (χ1n) is 7.39. The van der Waals surface area contributed by atoms with Crippen LogP contribution >= 0.6 is 15.9 Å². The number of benzene rings is 2. The Labute approximate surface area is 149 Å². The van der Waals surface area contributed by atoms with Gasteiger partial charge in [0.25, 0.3) is 0 Å². The van der Waals surface area contributed by atoms with Gasteiger partial charge in [-0.2, -0.15) is 5.26 Å². The topological polar surface area (TPSA) is 59.3 Å². The van der Waals surface area contributed by atoms with Crippen molar-refractivity contribution in [3.05, 3.63) is 69.7 Å². The maximum absolute atomic E-state index is 11.8. The maximum atomic E-state index is 11.8. The SMILES string of the molecule is CCOC(=O)C(C#N)=Cc1cc(Br)ccc1OCc1ccccc1. The van der Waals surface area contributed by atoms with Crippen LogP contribution in [0.2, 0.25) is 0 Å². The summed E-state index contributed by atoms with van der Waals surface area (Å²) in [5, 5.41) is 9.18. The molecule has 0 fully saturated rings. The van der Waals surface area contributed by atoms with Crippen LogP contribution in [-0.2, 0) is 16.1 Å². The highest BCUT2D eigenvalue weighted by Crippen LogP contribution is 2.26. The predicted molar refractivity (Wildman–Crippen MR) is 95.1 cm³/mol. The second-order valence-corrected chi connectivity index (χ2v) is 5.76. The van der Waals surface area contributed by atoms with E-state index in [1.807, 2.05) is 42.5 Å². The Kier molecular flexibility index (Phi) is 6.59. The zero-order valence-electron chi connectivity index (χ0n) is 13.2. The first kappa shape index (κ1) is 17.8. The fourth-order valence-corrected chi connectivity index (χ4v) is 2.38. The van der Waals surface area contributed by atoms with Crippen molar-refractivity contribution in [2.75, 3.05) is 6.61 Å². The van der Waals surface area contributed by atoms with Crippen LogP contribution in [-0.4, -0.2) is 12.6 Å². The molecule has 0 spiro atoms. The molecule has 0 amide bonds. The third-order valence-corrected chi connectivity index (χ3v) is 3.62. The van der Waals surface area contributed by atoms with E-state index in [1.165, 1.54) is 6.08 Å². The van der Waals surface area contributed by atoms with Gasteiger partial charge in [-0.3, -0.25) is 0 Å². The number of ether oxygens (including phenoxy) is 2. The van der Waals surface area contributed by atoms with Crippen molar-refractivity contribution >= 4 is 28.0 Å². The van der Waals surface area contributed by atoms with Crippen LogP contribution in [0, 0.1) is 11.3 Å². The number of carbonyl (C=O) groups excluding carboxylic acids is 1. The molecule has 0 bridgehead atoms. The Morgan fingerprint density at radius 1 is 1.25 bits per heavy atom. The lowest BCUT2D eigenvalue weighted by molar-refractivity contribution is -0.137. The average Bonchev–Trinajstić information content (AvgIpc) is 2.60. The molecule has 24 heavy (non-hydrogen) atoms. The van der Waals surface area contributed by atoms with E-state index < -0.39 is 5.97 Å². The van der Waals surface area contributed by atoms with Gasteiger partial charge in [0.2, 0.25) is 0 Å². The van der Waals surface area contributed by atoms with Crippen molar-refractivity contribution in [1.82, 2.24) is 0 Å². The number of nitrogens with zero attached hydrogens (tertiary/aromatic N) is 1. The quantitative estimate of drug-likeness (QED) is 0.417. The summed E-state index contributed by atoms with van der Waals surface area (Å²) in [5.74, 6) is -0.0620. The molecule has 0 aliphatic heterocycles. The van der Waals surface area contributed by atoms with Gasteiger partial charge in [-0.1, -0.05) is 46.3 Å². The van der Waals surface area contributed by atoms with Crippen molar-refractivity contribution in [3.63, 3.8) is 0 Å². The summed E-state index contributed by atoms with van der Waals surface area (Å²) < 4.78 is 11.5. The third kappa shape index (κ3) is 4.97. The minimum atomic E-state index is -0.644. The van der Waals surface area contributed by atoms with Crippen LogP contribution in [0.15, 0.2) is 58.6 Å². The number of rotatable bonds is 6. The Hall–Kier alpha value is -2.58. The van der Waals surface area contributed by atoms with E-state index in [9.17, 15) is 10.1 Å². The molecule has 0 aliphatic carbocycles. The zero-order valence-corrected chi connectivity index (χ0v) is 14.7. The molecule has 0 unspecified atom stereocenters. The highest BCUT2D eigenvalue weighted by molar-refractivity contribution is 9.10. The van der Waals surface area contributed by atoms with Gasteiger partial charge in [0.15, 0.2) is 0 Å². The Balaban J connectivity index is 2.27. The normalized spacial score (nSPS) is 10.8. The molecular formula is C19H16BrNO3. The summed E-state index contributed by atoms with van der Waals surface area (Å²) in [6.45, 7) is 2.30. The van der Waals surface area contributed by atoms with Crippen LogP contribution in [0.25, 0.3) is 6.08 Å². The Morgan fingerprint density at radius 2 is 2.00 bits per heavy atom. The number of carbonyl (C=O) groups is 1. The molecule has 2 aromatic rings. The van der Waals surface area contributed by atoms with Crippen molar-refractivity contribution in [2.24, 2.45) is 0 Å². The Morgan fingerprint density at radius 3 is 2.67 bits per heavy atom. The van der Waals surface area contributed by atoms with Gasteiger partial charge in [-0.05, 0) is 36.8 Å². The highest BCUT2D eigenvalue weighted by Gasteiger charge is 2.12. The van der Waals surface area contributed by atoms with E-state index >= 15 is 0 Å². The molecule has 0 atom stereocenters. The lowest BCUT2D eigenvalue weighted by Gasteiger charge is -2.10. The van der Waals surface area contributed by atoms with Crippen molar-refractivity contribution in [3.8, 4) is 11.8 Å². The number of nitriles is 1. The summed E-state index contributed by atoms with van der Waals surface area (Å²) in [4.78, 5) is 11.8. The molecule has 0 aliphatic rings. The summed E-state index contributed by atoms with van der Waals surface area (Å²) in [6, 6.07) is 17.0. The van der Waals surface area contributed by atoms with Gasteiger partial charge in [0, 0.05) is 10.0 Å². The van der Waals surface area contributed by atoms with E-state index in [2.05, 4.69) is 15.9 Å². The highest BCUT2D eigenvalue weighted by atomic mass is 79.9. The molecule has 0 saturated heterocycles. The predicted octanol–water partition coefficient (Wildman–Crippen LogP) is 4.50. The largest absolute Gasteiger partial charge is 0.488 e. The number of esters is 1. The molecule has 5 heteroatoms. The molecular weight excluding hydrogens is 370 g/mol. The minimum absolute atomic E-state index is 0.0699. The number of hydrogen-bond donors (Lipinski definition) is 0. The van der Waals surface area contributed by atoms with Gasteiger partial charge in [0.05, 0.1) is 6.61 Å². The fraction of sp³-hybridized carbons (Fsp3) is 0.158. The molecule has 2 aromatic carbocycles. The standard InChI is InChI=1S/C19H16BrNO3/c1-2-23-19(22)16(12-21)10-15-11-17(20)8-9-18(15)24-13-14-6-4-3-5-7-14/h3-11H,2,13H2,1H3. The second kappa shape index (κ2) is 8.90. The van der Waals surface area contributed by atoms with E-state index in [0.717, 1.165) is 10.0 Å². The fourth-order valence-electron chi connectivity index (χ4n) is 2.00. The maximum Gasteiger partial charge on any atom is 0.348 e. The van der Waals surface area contributed by atoms with Crippen LogP contribution < -0.4 is 4.74 Å². The molecule has 122 valence electrons. The van der Waals surface area contributed by atoms with Crippen LogP contribution in [0.3, 0.4) is 0 Å². The van der Waals surface area contributed by atoms with Gasteiger partial charge < -0.3 is 9.47 Å². The monoisotopic (exact) mass is 385 g/mol. The molecule has 0 heterocycles. The number of halogens is 1. The van der Waals surface area contributed by atoms with E-state index in [0.29, 0.717) is 17.9 Å². The first-order valence-corrected chi connectivity index (χ1v) is 8.18. The molecule has 0 aromatic heterocycles. The van der Waals surface area contributed by atoms with Gasteiger partial charge in [0.1, 0.15) is 24.0 Å². The number of hydrogen-bond acceptors (Lipinski definition) is 4. The van der Waals surface area contributed by atoms with Crippen molar-refractivity contribution < 1.29 is 14.3 Å². The average molecular weight is 386 g/mol. The summed E-state index contributed by atoms with van der Waals surface area (Å²) >= 11 is 3.39. The minimum Gasteiger partial charge on any atom is -0.488 e. The smallest absolute Gasteiger partial charge is 0.348 e. The van der Waals surface area contributed by atoms with Gasteiger partial charge in [-0.15, -0.1) is 0 Å².